The van der Waals surface area contributed by atoms with Crippen molar-refractivity contribution in [2.24, 2.45) is 22.7 Å². The van der Waals surface area contributed by atoms with Crippen LogP contribution in [0.4, 0.5) is 0 Å². The van der Waals surface area contributed by atoms with E-state index in [4.69, 9.17) is 0 Å². The minimum Gasteiger partial charge on any atom is -0.0623 e. The van der Waals surface area contributed by atoms with Crippen LogP contribution in [0.1, 0.15) is 67.2 Å². The summed E-state index contributed by atoms with van der Waals surface area (Å²) in [6.07, 6.45) is 5.73. The Bertz CT molecular complexity index is 176. The third-order valence-electron chi connectivity index (χ3n) is 4.88. The Balaban J connectivity index is 2.57. The van der Waals surface area contributed by atoms with Crippen molar-refractivity contribution in [3.63, 3.8) is 0 Å². The third-order valence-corrected chi connectivity index (χ3v) is 4.88. The first kappa shape index (κ1) is 12.1. The van der Waals surface area contributed by atoms with Crippen LogP contribution in [0.25, 0.3) is 0 Å². The van der Waals surface area contributed by atoms with Gasteiger partial charge in [0, 0.05) is 0 Å². The summed E-state index contributed by atoms with van der Waals surface area (Å²) < 4.78 is 0. The molecule has 14 heavy (non-hydrogen) atoms. The zero-order chi connectivity index (χ0) is 11.0. The van der Waals surface area contributed by atoms with Gasteiger partial charge in [-0.1, -0.05) is 41.5 Å². The van der Waals surface area contributed by atoms with E-state index < -0.39 is 0 Å². The van der Waals surface area contributed by atoms with E-state index >= 15 is 0 Å². The highest BCUT2D eigenvalue weighted by molar-refractivity contribution is 4.87. The molecule has 0 aliphatic heterocycles. The lowest BCUT2D eigenvalue weighted by molar-refractivity contribution is 0.0630. The predicted octanol–water partition coefficient (Wildman–Crippen LogP) is 4.89. The highest BCUT2D eigenvalue weighted by Gasteiger charge is 2.37. The van der Waals surface area contributed by atoms with Gasteiger partial charge >= 0.3 is 0 Å². The fourth-order valence-corrected chi connectivity index (χ4v) is 2.61. The van der Waals surface area contributed by atoms with Gasteiger partial charge in [-0.3, -0.25) is 0 Å². The summed E-state index contributed by atoms with van der Waals surface area (Å²) in [5, 5.41) is 0. The maximum atomic E-state index is 2.46. The molecule has 0 bridgehead atoms. The van der Waals surface area contributed by atoms with Crippen molar-refractivity contribution in [2.75, 3.05) is 0 Å². The SMILES string of the molecule is CC(C)C(C)(C)C1CCC(C)(C)CC1. The summed E-state index contributed by atoms with van der Waals surface area (Å²) in [5.74, 6) is 1.77. The van der Waals surface area contributed by atoms with Crippen LogP contribution in [0, 0.1) is 22.7 Å². The zero-order valence-corrected chi connectivity index (χ0v) is 11.0. The molecule has 1 aliphatic rings. The third kappa shape index (κ3) is 2.52. The van der Waals surface area contributed by atoms with Crippen molar-refractivity contribution in [1.29, 1.82) is 0 Å². The average molecular weight is 196 g/mol. The van der Waals surface area contributed by atoms with Crippen LogP contribution in [0.15, 0.2) is 0 Å². The molecule has 1 fully saturated rings. The summed E-state index contributed by atoms with van der Waals surface area (Å²) >= 11 is 0. The Morgan fingerprint density at radius 1 is 1.07 bits per heavy atom. The molecule has 0 unspecified atom stereocenters. The molecule has 0 atom stereocenters. The lowest BCUT2D eigenvalue weighted by atomic mass is 9.61. The molecule has 0 spiro atoms. The van der Waals surface area contributed by atoms with Gasteiger partial charge in [0.25, 0.3) is 0 Å². The van der Waals surface area contributed by atoms with E-state index in [1.54, 1.807) is 0 Å². The van der Waals surface area contributed by atoms with Gasteiger partial charge in [0.05, 0.1) is 0 Å². The Morgan fingerprint density at radius 2 is 1.50 bits per heavy atom. The van der Waals surface area contributed by atoms with Crippen LogP contribution >= 0.6 is 0 Å². The molecule has 1 saturated carbocycles. The van der Waals surface area contributed by atoms with E-state index in [1.165, 1.54) is 25.7 Å². The standard InChI is InChI=1S/C14H28/c1-11(2)14(5,6)12-7-9-13(3,4)10-8-12/h11-12H,7-10H2,1-6H3. The van der Waals surface area contributed by atoms with Crippen molar-refractivity contribution in [1.82, 2.24) is 0 Å². The van der Waals surface area contributed by atoms with Crippen molar-refractivity contribution in [3.05, 3.63) is 0 Å². The molecule has 0 amide bonds. The normalized spacial score (nSPS) is 24.2. The van der Waals surface area contributed by atoms with E-state index in [0.717, 1.165) is 11.8 Å². The van der Waals surface area contributed by atoms with E-state index in [0.29, 0.717) is 10.8 Å². The van der Waals surface area contributed by atoms with Gasteiger partial charge in [-0.15, -0.1) is 0 Å². The first-order chi connectivity index (χ1) is 6.26. The summed E-state index contributed by atoms with van der Waals surface area (Å²) in [4.78, 5) is 0. The minimum atomic E-state index is 0.538. The molecule has 0 N–H and O–H groups in total. The summed E-state index contributed by atoms with van der Waals surface area (Å²) in [6, 6.07) is 0. The largest absolute Gasteiger partial charge is 0.0623 e. The topological polar surface area (TPSA) is 0 Å². The van der Waals surface area contributed by atoms with E-state index in [2.05, 4.69) is 41.5 Å². The monoisotopic (exact) mass is 196 g/mol. The van der Waals surface area contributed by atoms with Gasteiger partial charge in [-0.25, -0.2) is 0 Å². The molecular weight excluding hydrogens is 168 g/mol. The Morgan fingerprint density at radius 3 is 1.86 bits per heavy atom. The highest BCUT2D eigenvalue weighted by Crippen LogP contribution is 2.47. The Labute approximate surface area is 90.5 Å². The van der Waals surface area contributed by atoms with Crippen molar-refractivity contribution >= 4 is 0 Å². The average Bonchev–Trinajstić information content (AvgIpc) is 2.03. The number of hydrogen-bond donors (Lipinski definition) is 0. The summed E-state index contributed by atoms with van der Waals surface area (Å²) in [5.41, 5.74) is 1.15. The zero-order valence-electron chi connectivity index (χ0n) is 11.0. The van der Waals surface area contributed by atoms with Crippen LogP contribution in [0.5, 0.6) is 0 Å². The van der Waals surface area contributed by atoms with Gasteiger partial charge < -0.3 is 0 Å². The maximum Gasteiger partial charge on any atom is -0.0303 e. The molecule has 1 aliphatic carbocycles. The van der Waals surface area contributed by atoms with Gasteiger partial charge in [0.15, 0.2) is 0 Å². The van der Waals surface area contributed by atoms with Gasteiger partial charge in [0.2, 0.25) is 0 Å². The first-order valence-corrected chi connectivity index (χ1v) is 6.26. The lowest BCUT2D eigenvalue weighted by Gasteiger charge is -2.44. The van der Waals surface area contributed by atoms with E-state index in [1.807, 2.05) is 0 Å². The van der Waals surface area contributed by atoms with Crippen LogP contribution in [0.2, 0.25) is 0 Å². The minimum absolute atomic E-state index is 0.538. The fraction of sp³-hybridized carbons (Fsp3) is 1.00. The molecule has 0 aromatic heterocycles. The molecule has 0 radical (unpaired) electrons. The van der Waals surface area contributed by atoms with E-state index in [-0.39, 0.29) is 0 Å². The molecule has 0 aromatic carbocycles. The van der Waals surface area contributed by atoms with Crippen molar-refractivity contribution in [3.8, 4) is 0 Å². The quantitative estimate of drug-likeness (QED) is 0.590. The second kappa shape index (κ2) is 3.87. The molecule has 0 heteroatoms. The number of hydrogen-bond acceptors (Lipinski definition) is 0. The Hall–Kier alpha value is 0. The molecule has 0 nitrogen and oxygen atoms in total. The van der Waals surface area contributed by atoms with Crippen molar-refractivity contribution < 1.29 is 0 Å². The lowest BCUT2D eigenvalue weighted by Crippen LogP contribution is -2.34. The van der Waals surface area contributed by atoms with Gasteiger partial charge in [-0.2, -0.15) is 0 Å². The molecule has 0 heterocycles. The first-order valence-electron chi connectivity index (χ1n) is 6.26. The van der Waals surface area contributed by atoms with E-state index in [9.17, 15) is 0 Å². The second-order valence-electron chi connectivity index (χ2n) is 6.91. The maximum absolute atomic E-state index is 2.46. The second-order valence-corrected chi connectivity index (χ2v) is 6.91. The highest BCUT2D eigenvalue weighted by atomic mass is 14.4. The van der Waals surface area contributed by atoms with Gasteiger partial charge in [-0.05, 0) is 48.3 Å². The molecule has 1 rings (SSSR count). The van der Waals surface area contributed by atoms with Crippen molar-refractivity contribution in [2.45, 2.75) is 67.2 Å². The van der Waals surface area contributed by atoms with Crippen LogP contribution in [-0.2, 0) is 0 Å². The Kier molecular flexibility index (Phi) is 3.33. The molecule has 0 aromatic rings. The molecule has 0 saturated heterocycles. The predicted molar refractivity (Wildman–Crippen MR) is 64.4 cm³/mol. The summed E-state index contributed by atoms with van der Waals surface area (Å²) in [7, 11) is 0. The van der Waals surface area contributed by atoms with Crippen LogP contribution < -0.4 is 0 Å². The number of rotatable bonds is 2. The van der Waals surface area contributed by atoms with Crippen LogP contribution in [0.3, 0.4) is 0 Å². The molecular formula is C14H28. The van der Waals surface area contributed by atoms with Crippen LogP contribution in [-0.4, -0.2) is 0 Å². The van der Waals surface area contributed by atoms with Gasteiger partial charge in [0.1, 0.15) is 0 Å². The smallest absolute Gasteiger partial charge is 0.0303 e. The fourth-order valence-electron chi connectivity index (χ4n) is 2.61. The molecule has 84 valence electrons. The summed E-state index contributed by atoms with van der Waals surface area (Å²) in [6.45, 7) is 14.5.